The Labute approximate surface area is 276 Å². The Hall–Kier alpha value is -4.69. The number of anilines is 2. The van der Waals surface area contributed by atoms with E-state index in [2.05, 4.69) is 6.07 Å². The molecule has 12 nitrogen and oxygen atoms in total. The molecule has 0 aliphatic carbocycles. The predicted molar refractivity (Wildman–Crippen MR) is 177 cm³/mol. The number of aliphatic hydroxyl groups excluding tert-OH is 1. The van der Waals surface area contributed by atoms with Crippen LogP contribution in [0.25, 0.3) is 28.3 Å². The largest absolute Gasteiger partial charge is 0.748 e. The number of carboxylic acid groups (broad SMARTS) is 1. The smallest absolute Gasteiger partial charge is 0.374 e. The highest BCUT2D eigenvalue weighted by atomic mass is 35.5. The van der Waals surface area contributed by atoms with Crippen molar-refractivity contribution in [2.45, 2.75) is 26.8 Å². The third kappa shape index (κ3) is 7.33. The zero-order valence-corrected chi connectivity index (χ0v) is 27.2. The molecule has 4 N–H and O–H groups in total. The molecule has 0 saturated carbocycles. The number of carbonyl (C=O) groups is 2. The van der Waals surface area contributed by atoms with E-state index in [1.165, 1.54) is 17.0 Å². The van der Waals surface area contributed by atoms with E-state index >= 15 is 0 Å². The van der Waals surface area contributed by atoms with Gasteiger partial charge < -0.3 is 34.7 Å². The molecule has 0 fully saturated rings. The van der Waals surface area contributed by atoms with Crippen LogP contribution in [-0.2, 0) is 21.5 Å². The van der Waals surface area contributed by atoms with Crippen molar-refractivity contribution in [3.05, 3.63) is 94.1 Å². The minimum atomic E-state index is -4.44. The Morgan fingerprint density at radius 3 is 2.40 bits per heavy atom. The van der Waals surface area contributed by atoms with E-state index in [0.29, 0.717) is 34.2 Å². The number of aryl methyl sites for hydroxylation is 3. The molecular formula is C33H33ClN4O8S. The maximum absolute atomic E-state index is 12.0. The van der Waals surface area contributed by atoms with Crippen LogP contribution in [0.5, 0.6) is 0 Å². The van der Waals surface area contributed by atoms with E-state index in [4.69, 9.17) is 21.8 Å². The van der Waals surface area contributed by atoms with Gasteiger partial charge in [-0.15, -0.1) is 0 Å². The minimum absolute atomic E-state index is 0.0186. The maximum atomic E-state index is 12.0. The summed E-state index contributed by atoms with van der Waals surface area (Å²) in [5.41, 5.74) is 11.8. The highest BCUT2D eigenvalue weighted by Crippen LogP contribution is 2.44. The van der Waals surface area contributed by atoms with Gasteiger partial charge in [-0.25, -0.2) is 8.42 Å². The molecule has 1 amide bonds. The summed E-state index contributed by atoms with van der Waals surface area (Å²) in [4.78, 5) is 27.0. The molecule has 5 rings (SSSR count). The van der Waals surface area contributed by atoms with Gasteiger partial charge >= 0.3 is 11.9 Å². The standard InChI is InChI=1S/C33H33ClN4O8S/c1-20-7-8-22(15-21(20)2)23-9-10-29-28(16-23)37(11-4-14-47(43,44)45)31(46-29)6-3-5-30-36(12-13-39)27-18-25(34)24(33(35)42)17-26(27)38(30)19-32(40)41/h3,5-10,15-18,39H,4,11-14,19H2,1-2H3,(H3-,35,40,41,42,43,44,45). The fraction of sp³-hybridized carbons (Fsp3) is 0.242. The normalized spacial score (nSPS) is 14.1. The highest BCUT2D eigenvalue weighted by molar-refractivity contribution is 7.85. The average molecular weight is 681 g/mol. The summed E-state index contributed by atoms with van der Waals surface area (Å²) in [6, 6.07) is 14.7. The fourth-order valence-electron chi connectivity index (χ4n) is 5.55. The van der Waals surface area contributed by atoms with Crippen LogP contribution in [0.3, 0.4) is 0 Å². The number of nitrogens with two attached hydrogens (primary N) is 1. The fourth-order valence-corrected chi connectivity index (χ4v) is 6.29. The molecule has 0 spiro atoms. The molecule has 0 radical (unpaired) electrons. The number of amides is 1. The van der Waals surface area contributed by atoms with Crippen LogP contribution in [0, 0.1) is 13.8 Å². The van der Waals surface area contributed by atoms with E-state index in [9.17, 15) is 32.8 Å². The van der Waals surface area contributed by atoms with E-state index in [1.54, 1.807) is 27.7 Å². The number of carboxylic acids is 1. The van der Waals surface area contributed by atoms with Crippen molar-refractivity contribution in [3.8, 4) is 11.1 Å². The first-order valence-electron chi connectivity index (χ1n) is 14.6. The van der Waals surface area contributed by atoms with Gasteiger partial charge in [0.25, 0.3) is 5.52 Å². The van der Waals surface area contributed by atoms with Gasteiger partial charge in [-0.05, 0) is 66.5 Å². The second-order valence-corrected chi connectivity index (χ2v) is 13.0. The molecule has 3 aromatic carbocycles. The summed E-state index contributed by atoms with van der Waals surface area (Å²) < 4.78 is 42.1. The first-order chi connectivity index (χ1) is 22.3. The first-order valence-corrected chi connectivity index (χ1v) is 16.6. The highest BCUT2D eigenvalue weighted by Gasteiger charge is 2.34. The number of fused-ring (bicyclic) bond motifs is 2. The molecule has 0 unspecified atom stereocenters. The van der Waals surface area contributed by atoms with Gasteiger partial charge in [-0.1, -0.05) is 35.9 Å². The summed E-state index contributed by atoms with van der Waals surface area (Å²) in [7, 11) is -4.44. The molecule has 1 aromatic heterocycles. The van der Waals surface area contributed by atoms with Crippen LogP contribution in [0.15, 0.2) is 70.9 Å². The Bertz CT molecular complexity index is 2050. The van der Waals surface area contributed by atoms with Crippen molar-refractivity contribution in [2.24, 2.45) is 5.73 Å². The number of nitrogens with zero attached hydrogens (tertiary/aromatic N) is 3. The van der Waals surface area contributed by atoms with Crippen LogP contribution >= 0.6 is 11.6 Å². The average Bonchev–Trinajstić information content (AvgIpc) is 3.47. The van der Waals surface area contributed by atoms with Crippen LogP contribution in [0.2, 0.25) is 5.02 Å². The lowest BCUT2D eigenvalue weighted by molar-refractivity contribution is -0.677. The monoisotopic (exact) mass is 680 g/mol. The zero-order chi connectivity index (χ0) is 34.0. The van der Waals surface area contributed by atoms with Crippen LogP contribution in [0.4, 0.5) is 11.4 Å². The number of aromatic nitrogens is 1. The Kier molecular flexibility index (Phi) is 9.73. The first kappa shape index (κ1) is 33.7. The number of aliphatic hydroxyl groups is 1. The van der Waals surface area contributed by atoms with Crippen molar-refractivity contribution < 1.29 is 41.8 Å². The molecule has 0 atom stereocenters. The van der Waals surface area contributed by atoms with Crippen molar-refractivity contribution in [1.29, 1.82) is 0 Å². The summed E-state index contributed by atoms with van der Waals surface area (Å²) in [6.07, 6.45) is 4.93. The summed E-state index contributed by atoms with van der Waals surface area (Å²) in [5, 5.41) is 19.6. The van der Waals surface area contributed by atoms with E-state index in [0.717, 1.165) is 22.3 Å². The number of carbonyl (C=O) groups excluding carboxylic acids is 1. The number of rotatable bonds is 12. The van der Waals surface area contributed by atoms with Crippen molar-refractivity contribution in [1.82, 2.24) is 0 Å². The van der Waals surface area contributed by atoms with Crippen molar-refractivity contribution >= 4 is 62.1 Å². The number of oxazole rings is 1. The van der Waals surface area contributed by atoms with E-state index in [1.807, 2.05) is 44.2 Å². The van der Waals surface area contributed by atoms with Gasteiger partial charge in [0.1, 0.15) is 12.4 Å². The molecule has 246 valence electrons. The number of aliphatic carboxylic acids is 1. The molecule has 0 bridgehead atoms. The van der Waals surface area contributed by atoms with Gasteiger partial charge in [0.2, 0.25) is 11.5 Å². The van der Waals surface area contributed by atoms with Gasteiger partial charge in [-0.3, -0.25) is 9.59 Å². The second kappa shape index (κ2) is 13.6. The molecule has 1 aliphatic rings. The molecule has 14 heteroatoms. The zero-order valence-electron chi connectivity index (χ0n) is 25.6. The lowest BCUT2D eigenvalue weighted by atomic mass is 10.0. The summed E-state index contributed by atoms with van der Waals surface area (Å²) in [5.74, 6) is -1.74. The molecule has 4 aromatic rings. The number of allylic oxidation sites excluding steroid dienone is 2. The number of hydrogen-bond donors (Lipinski definition) is 3. The minimum Gasteiger partial charge on any atom is -0.748 e. The third-order valence-electron chi connectivity index (χ3n) is 7.91. The number of halogens is 1. The quantitative estimate of drug-likeness (QED) is 0.146. The van der Waals surface area contributed by atoms with Crippen LogP contribution in [-0.4, -0.2) is 60.5 Å². The Balaban J connectivity index is 1.58. The van der Waals surface area contributed by atoms with Crippen LogP contribution < -0.4 is 20.1 Å². The van der Waals surface area contributed by atoms with Gasteiger partial charge in [-0.2, -0.15) is 4.57 Å². The molecule has 0 saturated heterocycles. The number of β-amino-alcohol motifs (C(OH)–C–C–N with tert-alkyl or cyclic N) is 1. The predicted octanol–water partition coefficient (Wildman–Crippen LogP) is 3.95. The molecule has 1 aliphatic heterocycles. The third-order valence-corrected chi connectivity index (χ3v) is 9.01. The van der Waals surface area contributed by atoms with Gasteiger partial charge in [0, 0.05) is 24.8 Å². The molecular weight excluding hydrogens is 648 g/mol. The van der Waals surface area contributed by atoms with Crippen LogP contribution in [0.1, 0.15) is 33.8 Å². The molecule has 47 heavy (non-hydrogen) atoms. The lowest BCUT2D eigenvalue weighted by Crippen LogP contribution is -2.36. The lowest BCUT2D eigenvalue weighted by Gasteiger charge is -2.23. The Morgan fingerprint density at radius 1 is 1.04 bits per heavy atom. The van der Waals surface area contributed by atoms with Crippen molar-refractivity contribution in [3.63, 3.8) is 0 Å². The summed E-state index contributed by atoms with van der Waals surface area (Å²) >= 11 is 6.31. The number of benzene rings is 3. The number of hydrogen-bond acceptors (Lipinski definition) is 9. The van der Waals surface area contributed by atoms with Gasteiger partial charge in [0.15, 0.2) is 6.54 Å². The maximum Gasteiger partial charge on any atom is 0.374 e. The van der Waals surface area contributed by atoms with E-state index < -0.39 is 34.3 Å². The number of primary amides is 1. The topological polar surface area (TPSA) is 181 Å². The molecule has 2 heterocycles. The SMILES string of the molecule is Cc1ccc(-c2ccc3oc(C=CC=C4N(CCO)c5cc(Cl)c(C(N)=O)cc5N4CC(=O)O)[n+](CCCS(=O)(=O)[O-])c3c2)cc1C. The van der Waals surface area contributed by atoms with Gasteiger partial charge in [0.05, 0.1) is 44.8 Å². The second-order valence-electron chi connectivity index (χ2n) is 11.1. The Morgan fingerprint density at radius 2 is 1.74 bits per heavy atom. The summed E-state index contributed by atoms with van der Waals surface area (Å²) in [6.45, 7) is 3.58. The van der Waals surface area contributed by atoms with E-state index in [-0.39, 0.29) is 36.7 Å². The van der Waals surface area contributed by atoms with Crippen molar-refractivity contribution in [2.75, 3.05) is 35.2 Å².